The Morgan fingerprint density at radius 1 is 0.815 bits per heavy atom. The Bertz CT molecular complexity index is 534. The zero-order valence-corrected chi connectivity index (χ0v) is 18.6. The second kappa shape index (κ2) is 10.1. The van der Waals surface area contributed by atoms with Crippen molar-refractivity contribution in [3.63, 3.8) is 0 Å². The van der Waals surface area contributed by atoms with Crippen LogP contribution in [0.1, 0.15) is 98.5 Å². The molecule has 152 valence electrons. The second-order valence-electron chi connectivity index (χ2n) is 9.36. The maximum atomic E-state index is 6.16. The minimum atomic E-state index is -0.277. The summed E-state index contributed by atoms with van der Waals surface area (Å²) in [6.45, 7) is 13.0. The fourth-order valence-corrected chi connectivity index (χ4v) is 3.79. The van der Waals surface area contributed by atoms with Gasteiger partial charge in [0.15, 0.2) is 0 Å². The van der Waals surface area contributed by atoms with Gasteiger partial charge in [-0.3, -0.25) is 0 Å². The summed E-state index contributed by atoms with van der Waals surface area (Å²) in [5, 5.41) is 0. The lowest BCUT2D eigenvalue weighted by molar-refractivity contribution is 0.00578. The van der Waals surface area contributed by atoms with Gasteiger partial charge in [-0.25, -0.2) is 0 Å². The van der Waals surface area contributed by atoms with Crippen LogP contribution in [-0.4, -0.2) is 18.3 Å². The molecule has 0 aliphatic carbocycles. The molecular formula is C24H41BO2. The van der Waals surface area contributed by atoms with Crippen molar-refractivity contribution in [2.24, 2.45) is 5.92 Å². The van der Waals surface area contributed by atoms with Crippen molar-refractivity contribution >= 4 is 12.6 Å². The summed E-state index contributed by atoms with van der Waals surface area (Å²) in [5.74, 6) is 0.805. The van der Waals surface area contributed by atoms with E-state index < -0.39 is 0 Å². The highest BCUT2D eigenvalue weighted by Gasteiger charge is 2.51. The first-order valence-electron chi connectivity index (χ1n) is 11.2. The summed E-state index contributed by atoms with van der Waals surface area (Å²) in [6.07, 6.45) is 12.2. The van der Waals surface area contributed by atoms with Gasteiger partial charge < -0.3 is 9.31 Å². The van der Waals surface area contributed by atoms with Gasteiger partial charge in [0.2, 0.25) is 0 Å². The standard InChI is InChI=1S/C24H41BO2/c1-7-9-10-11-12-13-14-20(8-2)19-21-15-17-22(18-16-21)25-26-23(3,4)24(5,6)27-25/h15-18,20H,7-14,19H2,1-6H3. The highest BCUT2D eigenvalue weighted by Crippen LogP contribution is 2.36. The molecule has 1 saturated heterocycles. The van der Waals surface area contributed by atoms with E-state index in [1.165, 1.54) is 63.4 Å². The number of benzene rings is 1. The van der Waals surface area contributed by atoms with Crippen LogP contribution in [-0.2, 0) is 15.7 Å². The van der Waals surface area contributed by atoms with Crippen LogP contribution in [0.3, 0.4) is 0 Å². The van der Waals surface area contributed by atoms with Crippen molar-refractivity contribution in [2.45, 2.75) is 111 Å². The molecule has 1 unspecified atom stereocenters. The van der Waals surface area contributed by atoms with Crippen molar-refractivity contribution in [1.29, 1.82) is 0 Å². The van der Waals surface area contributed by atoms with Crippen molar-refractivity contribution in [2.75, 3.05) is 0 Å². The minimum absolute atomic E-state index is 0.255. The number of hydrogen-bond donors (Lipinski definition) is 0. The normalized spacial score (nSPS) is 19.4. The molecule has 0 aromatic heterocycles. The van der Waals surface area contributed by atoms with E-state index >= 15 is 0 Å². The Labute approximate surface area is 168 Å². The Hall–Kier alpha value is -0.795. The monoisotopic (exact) mass is 372 g/mol. The molecule has 0 bridgehead atoms. The number of unbranched alkanes of at least 4 members (excludes halogenated alkanes) is 5. The molecule has 0 spiro atoms. The van der Waals surface area contributed by atoms with E-state index in [1.54, 1.807) is 0 Å². The molecule has 3 heteroatoms. The van der Waals surface area contributed by atoms with Gasteiger partial charge in [0.05, 0.1) is 11.2 Å². The average Bonchev–Trinajstić information content (AvgIpc) is 2.85. The number of rotatable bonds is 11. The highest BCUT2D eigenvalue weighted by atomic mass is 16.7. The van der Waals surface area contributed by atoms with E-state index in [2.05, 4.69) is 65.8 Å². The van der Waals surface area contributed by atoms with Gasteiger partial charge in [-0.1, -0.05) is 89.5 Å². The summed E-state index contributed by atoms with van der Waals surface area (Å²) in [4.78, 5) is 0. The first kappa shape index (κ1) is 22.5. The van der Waals surface area contributed by atoms with Crippen LogP contribution in [0.5, 0.6) is 0 Å². The molecule has 27 heavy (non-hydrogen) atoms. The lowest BCUT2D eigenvalue weighted by Crippen LogP contribution is -2.41. The lowest BCUT2D eigenvalue weighted by Gasteiger charge is -2.32. The van der Waals surface area contributed by atoms with Gasteiger partial charge in [-0.2, -0.15) is 0 Å². The molecule has 1 aliphatic heterocycles. The van der Waals surface area contributed by atoms with E-state index in [9.17, 15) is 0 Å². The largest absolute Gasteiger partial charge is 0.494 e. The molecule has 1 aromatic rings. The Kier molecular flexibility index (Phi) is 8.43. The first-order chi connectivity index (χ1) is 12.8. The second-order valence-corrected chi connectivity index (χ2v) is 9.36. The van der Waals surface area contributed by atoms with E-state index in [1.807, 2.05) is 0 Å². The third-order valence-corrected chi connectivity index (χ3v) is 6.57. The van der Waals surface area contributed by atoms with Crippen molar-refractivity contribution in [1.82, 2.24) is 0 Å². The molecule has 1 aliphatic rings. The van der Waals surface area contributed by atoms with Gasteiger partial charge in [-0.15, -0.1) is 0 Å². The third-order valence-electron chi connectivity index (χ3n) is 6.57. The van der Waals surface area contributed by atoms with Gasteiger partial charge in [-0.05, 0) is 51.1 Å². The van der Waals surface area contributed by atoms with Crippen LogP contribution >= 0.6 is 0 Å². The molecule has 0 saturated carbocycles. The predicted octanol–water partition coefficient (Wildman–Crippen LogP) is 6.31. The summed E-state index contributed by atoms with van der Waals surface area (Å²) >= 11 is 0. The zero-order chi connectivity index (χ0) is 19.9. The van der Waals surface area contributed by atoms with Crippen LogP contribution in [0, 0.1) is 5.92 Å². The molecule has 1 heterocycles. The Morgan fingerprint density at radius 3 is 1.93 bits per heavy atom. The lowest BCUT2D eigenvalue weighted by atomic mass is 9.78. The number of hydrogen-bond acceptors (Lipinski definition) is 2. The van der Waals surface area contributed by atoms with E-state index in [4.69, 9.17) is 9.31 Å². The van der Waals surface area contributed by atoms with Crippen molar-refractivity contribution in [3.05, 3.63) is 29.8 Å². The molecular weight excluding hydrogens is 331 g/mol. The van der Waals surface area contributed by atoms with E-state index in [0.29, 0.717) is 0 Å². The van der Waals surface area contributed by atoms with Crippen LogP contribution in [0.15, 0.2) is 24.3 Å². The minimum Gasteiger partial charge on any atom is -0.399 e. The van der Waals surface area contributed by atoms with Gasteiger partial charge in [0.25, 0.3) is 0 Å². The van der Waals surface area contributed by atoms with Gasteiger partial charge in [0, 0.05) is 0 Å². The average molecular weight is 372 g/mol. The topological polar surface area (TPSA) is 18.5 Å². The fraction of sp³-hybridized carbons (Fsp3) is 0.750. The highest BCUT2D eigenvalue weighted by molar-refractivity contribution is 6.62. The van der Waals surface area contributed by atoms with E-state index in [0.717, 1.165) is 11.4 Å². The predicted molar refractivity (Wildman–Crippen MR) is 118 cm³/mol. The Balaban J connectivity index is 1.82. The maximum Gasteiger partial charge on any atom is 0.494 e. The van der Waals surface area contributed by atoms with Crippen LogP contribution in [0.25, 0.3) is 0 Å². The quantitative estimate of drug-likeness (QED) is 0.335. The molecule has 2 rings (SSSR count). The molecule has 2 nitrogen and oxygen atoms in total. The zero-order valence-electron chi connectivity index (χ0n) is 18.6. The molecule has 1 aromatic carbocycles. The summed E-state index contributed by atoms with van der Waals surface area (Å²) < 4.78 is 12.3. The summed E-state index contributed by atoms with van der Waals surface area (Å²) in [5.41, 5.74) is 2.01. The third kappa shape index (κ3) is 6.36. The smallest absolute Gasteiger partial charge is 0.399 e. The first-order valence-corrected chi connectivity index (χ1v) is 11.2. The van der Waals surface area contributed by atoms with Crippen LogP contribution < -0.4 is 5.46 Å². The fourth-order valence-electron chi connectivity index (χ4n) is 3.79. The molecule has 0 amide bonds. The van der Waals surface area contributed by atoms with Crippen molar-refractivity contribution < 1.29 is 9.31 Å². The molecule has 1 atom stereocenters. The van der Waals surface area contributed by atoms with Gasteiger partial charge in [0.1, 0.15) is 0 Å². The van der Waals surface area contributed by atoms with E-state index in [-0.39, 0.29) is 18.3 Å². The summed E-state index contributed by atoms with van der Waals surface area (Å²) in [6, 6.07) is 8.92. The SMILES string of the molecule is CCCCCCCCC(CC)Cc1ccc(B2OC(C)(C)C(C)(C)O2)cc1. The van der Waals surface area contributed by atoms with Crippen molar-refractivity contribution in [3.8, 4) is 0 Å². The van der Waals surface area contributed by atoms with Crippen LogP contribution in [0.2, 0.25) is 0 Å². The van der Waals surface area contributed by atoms with Crippen LogP contribution in [0.4, 0.5) is 0 Å². The molecule has 1 fully saturated rings. The molecule has 0 radical (unpaired) electrons. The maximum absolute atomic E-state index is 6.16. The molecule has 0 N–H and O–H groups in total. The summed E-state index contributed by atoms with van der Waals surface area (Å²) in [7, 11) is -0.255. The van der Waals surface area contributed by atoms with Gasteiger partial charge >= 0.3 is 7.12 Å². The Morgan fingerprint density at radius 2 is 1.37 bits per heavy atom.